The van der Waals surface area contributed by atoms with Crippen LogP contribution in [0.1, 0.15) is 53.4 Å². The number of ether oxygens (including phenoxy) is 1. The van der Waals surface area contributed by atoms with Gasteiger partial charge in [-0.3, -0.25) is 9.59 Å². The summed E-state index contributed by atoms with van der Waals surface area (Å²) in [7, 11) is 0. The molecule has 6 heteroatoms. The van der Waals surface area contributed by atoms with Crippen LogP contribution in [0.15, 0.2) is 66.7 Å². The summed E-state index contributed by atoms with van der Waals surface area (Å²) in [6, 6.07) is 21.0. The van der Waals surface area contributed by atoms with Gasteiger partial charge in [-0.2, -0.15) is 0 Å². The maximum absolute atomic E-state index is 14.2. The molecule has 3 aromatic rings. The highest BCUT2D eigenvalue weighted by Gasteiger charge is 2.70. The van der Waals surface area contributed by atoms with Gasteiger partial charge in [-0.15, -0.1) is 0 Å². The average molecular weight is 486 g/mol. The molecule has 0 aromatic heterocycles. The fourth-order valence-electron chi connectivity index (χ4n) is 6.84. The van der Waals surface area contributed by atoms with Crippen LogP contribution in [-0.2, 0) is 25.2 Å². The van der Waals surface area contributed by atoms with Crippen molar-refractivity contribution in [2.45, 2.75) is 31.6 Å². The molecule has 0 spiro atoms. The van der Waals surface area contributed by atoms with Crippen LogP contribution in [-0.4, -0.2) is 24.4 Å². The number of esters is 1. The van der Waals surface area contributed by atoms with Gasteiger partial charge >= 0.3 is 5.97 Å². The zero-order chi connectivity index (χ0) is 24.7. The first-order chi connectivity index (χ1) is 16.8. The second-order valence-electron chi connectivity index (χ2n) is 9.85. The van der Waals surface area contributed by atoms with Gasteiger partial charge in [0.1, 0.15) is 0 Å². The summed E-state index contributed by atoms with van der Waals surface area (Å²) >= 11 is 6.26. The smallest absolute Gasteiger partial charge is 0.339 e. The van der Waals surface area contributed by atoms with Crippen molar-refractivity contribution in [1.82, 2.24) is 0 Å². The summed E-state index contributed by atoms with van der Waals surface area (Å²) in [6.07, 6.45) is 0. The summed E-state index contributed by atoms with van der Waals surface area (Å²) in [5.41, 5.74) is 3.51. The van der Waals surface area contributed by atoms with E-state index < -0.39 is 28.6 Å². The molecule has 35 heavy (non-hydrogen) atoms. The van der Waals surface area contributed by atoms with Crippen molar-refractivity contribution < 1.29 is 19.1 Å². The molecule has 2 amide bonds. The molecule has 0 saturated carbocycles. The van der Waals surface area contributed by atoms with Crippen LogP contribution in [0.25, 0.3) is 0 Å². The standard InChI is InChI=1S/C29H24ClNO4/c1-4-35-27(34)17-15-16(13-14-22(17)30)31-25(32)23-24(26(31)33)29(3)20-11-7-5-9-18(20)28(23,2)19-10-6-8-12-21(19)29/h5-15,23-24H,4H2,1-3H3/t23-,24-,28?,29?/m0/s1. The Kier molecular flexibility index (Phi) is 4.59. The zero-order valence-electron chi connectivity index (χ0n) is 19.7. The Morgan fingerprint density at radius 1 is 0.857 bits per heavy atom. The molecule has 1 saturated heterocycles. The number of carbonyl (C=O) groups is 3. The molecule has 5 nitrogen and oxygen atoms in total. The molecule has 1 aliphatic heterocycles. The number of hydrogen-bond acceptors (Lipinski definition) is 4. The minimum Gasteiger partial charge on any atom is -0.462 e. The number of hydrogen-bond donors (Lipinski definition) is 0. The highest BCUT2D eigenvalue weighted by atomic mass is 35.5. The molecule has 1 heterocycles. The van der Waals surface area contributed by atoms with Crippen molar-refractivity contribution in [3.63, 3.8) is 0 Å². The molecule has 7 rings (SSSR count). The summed E-state index contributed by atoms with van der Waals surface area (Å²) < 4.78 is 5.12. The van der Waals surface area contributed by atoms with Crippen LogP contribution in [0.5, 0.6) is 0 Å². The monoisotopic (exact) mass is 485 g/mol. The van der Waals surface area contributed by atoms with Crippen LogP contribution in [0.4, 0.5) is 5.69 Å². The number of carbonyl (C=O) groups excluding carboxylic acids is 3. The number of amides is 2. The predicted octanol–water partition coefficient (Wildman–Crippen LogP) is 5.26. The third kappa shape index (κ3) is 2.57. The first-order valence-corrected chi connectivity index (χ1v) is 12.2. The van der Waals surface area contributed by atoms with E-state index in [4.69, 9.17) is 16.3 Å². The first-order valence-electron chi connectivity index (χ1n) is 11.8. The van der Waals surface area contributed by atoms with E-state index in [0.29, 0.717) is 5.69 Å². The van der Waals surface area contributed by atoms with Gasteiger partial charge in [-0.05, 0) is 47.4 Å². The average Bonchev–Trinajstić information content (AvgIpc) is 3.14. The zero-order valence-corrected chi connectivity index (χ0v) is 20.4. The van der Waals surface area contributed by atoms with Crippen LogP contribution < -0.4 is 4.90 Å². The van der Waals surface area contributed by atoms with Crippen LogP contribution >= 0.6 is 11.6 Å². The Labute approximate surface area is 208 Å². The lowest BCUT2D eigenvalue weighted by molar-refractivity contribution is -0.124. The van der Waals surface area contributed by atoms with Crippen molar-refractivity contribution in [1.29, 1.82) is 0 Å². The molecular weight excluding hydrogens is 462 g/mol. The Hall–Kier alpha value is -3.44. The molecule has 0 N–H and O–H groups in total. The normalized spacial score (nSPS) is 27.9. The van der Waals surface area contributed by atoms with Gasteiger partial charge in [0.15, 0.2) is 0 Å². The first kappa shape index (κ1) is 22.1. The number of imide groups is 1. The van der Waals surface area contributed by atoms with E-state index >= 15 is 0 Å². The molecule has 2 bridgehead atoms. The number of benzene rings is 3. The van der Waals surface area contributed by atoms with Gasteiger partial charge in [0.05, 0.1) is 34.7 Å². The lowest BCUT2D eigenvalue weighted by Gasteiger charge is -2.57. The quantitative estimate of drug-likeness (QED) is 0.375. The van der Waals surface area contributed by atoms with Gasteiger partial charge < -0.3 is 4.74 Å². The highest BCUT2D eigenvalue weighted by Crippen LogP contribution is 2.66. The van der Waals surface area contributed by atoms with E-state index in [1.807, 2.05) is 24.3 Å². The topological polar surface area (TPSA) is 63.7 Å². The van der Waals surface area contributed by atoms with Gasteiger partial charge in [0, 0.05) is 10.8 Å². The summed E-state index contributed by atoms with van der Waals surface area (Å²) in [5, 5.41) is 0.211. The molecule has 4 aliphatic rings. The third-order valence-corrected chi connectivity index (χ3v) is 8.68. The van der Waals surface area contributed by atoms with Crippen LogP contribution in [0, 0.1) is 11.8 Å². The second kappa shape index (κ2) is 7.28. The Morgan fingerprint density at radius 2 is 1.31 bits per heavy atom. The molecule has 1 fully saturated rings. The maximum atomic E-state index is 14.2. The summed E-state index contributed by atoms with van der Waals surface area (Å²) in [4.78, 5) is 42.0. The lowest BCUT2D eigenvalue weighted by Crippen LogP contribution is -2.59. The van der Waals surface area contributed by atoms with Gasteiger partial charge in [-0.25, -0.2) is 9.69 Å². The van der Waals surface area contributed by atoms with Crippen molar-refractivity contribution >= 4 is 35.1 Å². The minimum absolute atomic E-state index is 0.133. The van der Waals surface area contributed by atoms with Gasteiger partial charge in [-0.1, -0.05) is 74.0 Å². The van der Waals surface area contributed by atoms with Crippen molar-refractivity contribution in [3.05, 3.63) is 99.6 Å². The van der Waals surface area contributed by atoms with Gasteiger partial charge in [0.2, 0.25) is 11.8 Å². The summed E-state index contributed by atoms with van der Waals surface area (Å²) in [6.45, 7) is 6.07. The number of halogens is 1. The SMILES string of the molecule is CCOC(=O)c1cc(N2C(=O)[C@@H]3[C@@H](C2=O)C2(C)c4ccccc4C3(C)c3ccccc32)ccc1Cl. The van der Waals surface area contributed by atoms with E-state index in [1.54, 1.807) is 13.0 Å². The Bertz CT molecular complexity index is 1320. The van der Waals surface area contributed by atoms with E-state index in [9.17, 15) is 14.4 Å². The third-order valence-electron chi connectivity index (χ3n) is 8.35. The predicted molar refractivity (Wildman–Crippen MR) is 133 cm³/mol. The molecule has 0 radical (unpaired) electrons. The molecule has 176 valence electrons. The minimum atomic E-state index is -0.659. The fourth-order valence-corrected chi connectivity index (χ4v) is 7.04. The van der Waals surface area contributed by atoms with Crippen molar-refractivity contribution in [2.24, 2.45) is 11.8 Å². The van der Waals surface area contributed by atoms with E-state index in [1.165, 1.54) is 17.0 Å². The van der Waals surface area contributed by atoms with Crippen molar-refractivity contribution in [3.8, 4) is 0 Å². The Morgan fingerprint density at radius 3 is 1.74 bits per heavy atom. The maximum Gasteiger partial charge on any atom is 0.339 e. The largest absolute Gasteiger partial charge is 0.462 e. The molecule has 2 atom stereocenters. The molecular formula is C29H24ClNO4. The summed E-state index contributed by atoms with van der Waals surface area (Å²) in [5.74, 6) is -2.22. The van der Waals surface area contributed by atoms with Gasteiger partial charge in [0.25, 0.3) is 0 Å². The van der Waals surface area contributed by atoms with Crippen LogP contribution in [0.2, 0.25) is 5.02 Å². The molecule has 0 unspecified atom stereocenters. The second-order valence-corrected chi connectivity index (χ2v) is 10.3. The Balaban J connectivity index is 1.56. The van der Waals surface area contributed by atoms with E-state index in [-0.39, 0.29) is 29.0 Å². The van der Waals surface area contributed by atoms with E-state index in [2.05, 4.69) is 38.1 Å². The lowest BCUT2D eigenvalue weighted by atomic mass is 9.42. The highest BCUT2D eigenvalue weighted by molar-refractivity contribution is 6.34. The number of rotatable bonds is 3. The van der Waals surface area contributed by atoms with E-state index in [0.717, 1.165) is 22.3 Å². The molecule has 3 aromatic carbocycles. The van der Waals surface area contributed by atoms with Crippen LogP contribution in [0.3, 0.4) is 0 Å². The molecule has 3 aliphatic carbocycles. The number of nitrogens with zero attached hydrogens (tertiary/aromatic N) is 1. The van der Waals surface area contributed by atoms with Crippen molar-refractivity contribution in [2.75, 3.05) is 11.5 Å². The fraction of sp³-hybridized carbons (Fsp3) is 0.276. The number of anilines is 1.